The summed E-state index contributed by atoms with van der Waals surface area (Å²) in [4.78, 5) is 2.72. The second kappa shape index (κ2) is 6.93. The van der Waals surface area contributed by atoms with Gasteiger partial charge in [0.25, 0.3) is 0 Å². The van der Waals surface area contributed by atoms with E-state index < -0.39 is 0 Å². The van der Waals surface area contributed by atoms with Crippen molar-refractivity contribution in [3.8, 4) is 0 Å². The zero-order valence-corrected chi connectivity index (χ0v) is 14.7. The molecule has 0 radical (unpaired) electrons. The molecule has 1 aromatic carbocycles. The van der Waals surface area contributed by atoms with Gasteiger partial charge in [-0.3, -0.25) is 4.90 Å². The van der Waals surface area contributed by atoms with Crippen molar-refractivity contribution >= 4 is 0 Å². The maximum Gasteiger partial charge on any atom is 0.0452 e. The number of benzene rings is 1. The van der Waals surface area contributed by atoms with E-state index in [0.29, 0.717) is 6.04 Å². The standard InChI is InChI=1S/C19H32N2/c1-7-17-9-8-16(5)21(17)12-18(20-6)19-14(3)10-13(2)11-15(19)4/h10-11,16-18,20H,7-9,12H2,1-6H3. The Morgan fingerprint density at radius 1 is 1.19 bits per heavy atom. The predicted octanol–water partition coefficient (Wildman–Crippen LogP) is 4.14. The van der Waals surface area contributed by atoms with Gasteiger partial charge >= 0.3 is 0 Å². The smallest absolute Gasteiger partial charge is 0.0452 e. The van der Waals surface area contributed by atoms with Gasteiger partial charge in [0.2, 0.25) is 0 Å². The monoisotopic (exact) mass is 288 g/mol. The molecule has 1 aromatic rings. The van der Waals surface area contributed by atoms with Crippen molar-refractivity contribution in [3.63, 3.8) is 0 Å². The molecular weight excluding hydrogens is 256 g/mol. The van der Waals surface area contributed by atoms with E-state index in [0.717, 1.165) is 18.6 Å². The molecule has 118 valence electrons. The maximum atomic E-state index is 3.57. The minimum Gasteiger partial charge on any atom is -0.312 e. The van der Waals surface area contributed by atoms with Crippen LogP contribution in [0.4, 0.5) is 0 Å². The number of hydrogen-bond donors (Lipinski definition) is 1. The number of hydrogen-bond acceptors (Lipinski definition) is 2. The lowest BCUT2D eigenvalue weighted by Crippen LogP contribution is -2.40. The summed E-state index contributed by atoms with van der Waals surface area (Å²) in [6.07, 6.45) is 3.98. The van der Waals surface area contributed by atoms with Crippen molar-refractivity contribution in [2.75, 3.05) is 13.6 Å². The van der Waals surface area contributed by atoms with Gasteiger partial charge < -0.3 is 5.32 Å². The first-order chi connectivity index (χ1) is 9.97. The summed E-state index contributed by atoms with van der Waals surface area (Å²) in [5, 5.41) is 3.57. The first-order valence-electron chi connectivity index (χ1n) is 8.48. The van der Waals surface area contributed by atoms with E-state index in [2.05, 4.69) is 64.0 Å². The molecule has 0 aliphatic carbocycles. The summed E-state index contributed by atoms with van der Waals surface area (Å²) in [5.74, 6) is 0. The van der Waals surface area contributed by atoms with Gasteiger partial charge in [-0.25, -0.2) is 0 Å². The van der Waals surface area contributed by atoms with Gasteiger partial charge in [-0.1, -0.05) is 24.6 Å². The fraction of sp³-hybridized carbons (Fsp3) is 0.684. The van der Waals surface area contributed by atoms with Crippen molar-refractivity contribution in [2.24, 2.45) is 0 Å². The van der Waals surface area contributed by atoms with Gasteiger partial charge in [-0.15, -0.1) is 0 Å². The topological polar surface area (TPSA) is 15.3 Å². The minimum absolute atomic E-state index is 0.431. The van der Waals surface area contributed by atoms with Crippen LogP contribution in [0, 0.1) is 20.8 Å². The summed E-state index contributed by atoms with van der Waals surface area (Å²) in [6, 6.07) is 6.55. The van der Waals surface area contributed by atoms with Crippen LogP contribution in [0.15, 0.2) is 12.1 Å². The highest BCUT2D eigenvalue weighted by Crippen LogP contribution is 2.30. The SMILES string of the molecule is CCC1CCC(C)N1CC(NC)c1c(C)cc(C)cc1C. The molecule has 1 heterocycles. The molecule has 2 rings (SSSR count). The average molecular weight is 288 g/mol. The van der Waals surface area contributed by atoms with E-state index in [4.69, 9.17) is 0 Å². The zero-order chi connectivity index (χ0) is 15.6. The Labute approximate surface area is 130 Å². The number of aryl methyl sites for hydroxylation is 3. The fourth-order valence-corrected chi connectivity index (χ4v) is 4.17. The molecule has 1 aliphatic heterocycles. The molecule has 0 amide bonds. The molecule has 0 bridgehead atoms. The van der Waals surface area contributed by atoms with E-state index >= 15 is 0 Å². The highest BCUT2D eigenvalue weighted by molar-refractivity contribution is 5.39. The van der Waals surface area contributed by atoms with Crippen LogP contribution in [-0.2, 0) is 0 Å². The molecule has 3 atom stereocenters. The van der Waals surface area contributed by atoms with E-state index in [1.165, 1.54) is 41.5 Å². The summed E-state index contributed by atoms with van der Waals surface area (Å²) in [6.45, 7) is 12.5. The van der Waals surface area contributed by atoms with Gasteiger partial charge in [0.05, 0.1) is 0 Å². The molecule has 1 saturated heterocycles. The Morgan fingerprint density at radius 3 is 2.33 bits per heavy atom. The summed E-state index contributed by atoms with van der Waals surface area (Å²) >= 11 is 0. The van der Waals surface area contributed by atoms with Crippen LogP contribution < -0.4 is 5.32 Å². The number of rotatable bonds is 5. The Hall–Kier alpha value is -0.860. The minimum atomic E-state index is 0.431. The van der Waals surface area contributed by atoms with Crippen molar-refractivity contribution in [2.45, 2.75) is 72.0 Å². The Morgan fingerprint density at radius 2 is 1.81 bits per heavy atom. The molecule has 1 aliphatic rings. The van der Waals surface area contributed by atoms with Crippen LogP contribution >= 0.6 is 0 Å². The Bertz CT molecular complexity index is 457. The van der Waals surface area contributed by atoms with Gasteiger partial charge in [0, 0.05) is 24.7 Å². The van der Waals surface area contributed by atoms with Crippen LogP contribution in [0.5, 0.6) is 0 Å². The van der Waals surface area contributed by atoms with Crippen LogP contribution in [0.25, 0.3) is 0 Å². The molecular formula is C19H32N2. The molecule has 1 fully saturated rings. The van der Waals surface area contributed by atoms with E-state index in [9.17, 15) is 0 Å². The average Bonchev–Trinajstić information content (AvgIpc) is 2.77. The van der Waals surface area contributed by atoms with Gasteiger partial charge in [-0.2, -0.15) is 0 Å². The van der Waals surface area contributed by atoms with Crippen LogP contribution in [0.3, 0.4) is 0 Å². The van der Waals surface area contributed by atoms with Crippen LogP contribution in [0.2, 0.25) is 0 Å². The first kappa shape index (κ1) is 16.5. The van der Waals surface area contributed by atoms with E-state index in [-0.39, 0.29) is 0 Å². The molecule has 2 heteroatoms. The van der Waals surface area contributed by atoms with Crippen LogP contribution in [0.1, 0.15) is 61.4 Å². The number of likely N-dealkylation sites (tertiary alicyclic amines) is 1. The third-order valence-electron chi connectivity index (χ3n) is 5.25. The molecule has 21 heavy (non-hydrogen) atoms. The normalized spacial score (nSPS) is 24.5. The van der Waals surface area contributed by atoms with Crippen molar-refractivity contribution in [1.29, 1.82) is 0 Å². The summed E-state index contributed by atoms with van der Waals surface area (Å²) < 4.78 is 0. The van der Waals surface area contributed by atoms with Gasteiger partial charge in [0.1, 0.15) is 0 Å². The zero-order valence-electron chi connectivity index (χ0n) is 14.7. The number of nitrogens with zero attached hydrogens (tertiary/aromatic N) is 1. The highest BCUT2D eigenvalue weighted by Gasteiger charge is 2.31. The molecule has 2 nitrogen and oxygen atoms in total. The Balaban J connectivity index is 2.24. The van der Waals surface area contributed by atoms with Gasteiger partial charge in [-0.05, 0) is 70.7 Å². The van der Waals surface area contributed by atoms with Crippen molar-refractivity contribution in [3.05, 3.63) is 34.4 Å². The van der Waals surface area contributed by atoms with Gasteiger partial charge in [0.15, 0.2) is 0 Å². The predicted molar refractivity (Wildman–Crippen MR) is 91.9 cm³/mol. The number of nitrogens with one attached hydrogen (secondary N) is 1. The molecule has 0 spiro atoms. The largest absolute Gasteiger partial charge is 0.312 e. The second-order valence-electron chi connectivity index (χ2n) is 6.84. The lowest BCUT2D eigenvalue weighted by atomic mass is 9.93. The lowest BCUT2D eigenvalue weighted by molar-refractivity contribution is 0.179. The van der Waals surface area contributed by atoms with E-state index in [1.807, 2.05) is 0 Å². The van der Waals surface area contributed by atoms with E-state index in [1.54, 1.807) is 0 Å². The fourth-order valence-electron chi connectivity index (χ4n) is 4.17. The maximum absolute atomic E-state index is 3.57. The molecule has 0 aromatic heterocycles. The highest BCUT2D eigenvalue weighted by atomic mass is 15.2. The molecule has 1 N–H and O–H groups in total. The summed E-state index contributed by atoms with van der Waals surface area (Å²) in [5.41, 5.74) is 5.71. The third kappa shape index (κ3) is 3.49. The third-order valence-corrected chi connectivity index (χ3v) is 5.25. The summed E-state index contributed by atoms with van der Waals surface area (Å²) in [7, 11) is 2.10. The molecule has 3 unspecified atom stereocenters. The second-order valence-corrected chi connectivity index (χ2v) is 6.84. The van der Waals surface area contributed by atoms with Crippen molar-refractivity contribution < 1.29 is 0 Å². The Kier molecular flexibility index (Phi) is 5.45. The first-order valence-corrected chi connectivity index (χ1v) is 8.48. The number of likely N-dealkylation sites (N-methyl/N-ethyl adjacent to an activating group) is 1. The quantitative estimate of drug-likeness (QED) is 0.876. The van der Waals surface area contributed by atoms with Crippen LogP contribution in [-0.4, -0.2) is 30.6 Å². The molecule has 0 saturated carbocycles. The lowest BCUT2D eigenvalue weighted by Gasteiger charge is -2.33. The van der Waals surface area contributed by atoms with Crippen molar-refractivity contribution in [1.82, 2.24) is 10.2 Å².